The van der Waals surface area contributed by atoms with E-state index in [1.54, 1.807) is 0 Å². The van der Waals surface area contributed by atoms with Crippen molar-refractivity contribution in [3.05, 3.63) is 0 Å². The van der Waals surface area contributed by atoms with Gasteiger partial charge in [0.05, 0.1) is 0 Å². The van der Waals surface area contributed by atoms with Crippen LogP contribution >= 0.6 is 0 Å². The number of hydrogen-bond donors (Lipinski definition) is 2. The summed E-state index contributed by atoms with van der Waals surface area (Å²) in [5.41, 5.74) is -0.727. The Bertz CT molecular complexity index is 365. The van der Waals surface area contributed by atoms with Gasteiger partial charge in [-0.15, -0.1) is 0 Å². The fraction of sp³-hybridized carbons (Fsp3) is 0.857. The lowest BCUT2D eigenvalue weighted by Gasteiger charge is -2.42. The predicted molar refractivity (Wildman–Crippen MR) is 75.3 cm³/mol. The zero-order valence-electron chi connectivity index (χ0n) is 12.4. The van der Waals surface area contributed by atoms with Crippen molar-refractivity contribution in [1.82, 2.24) is 15.5 Å². The molecule has 0 saturated carbocycles. The average molecular weight is 283 g/mol. The highest BCUT2D eigenvalue weighted by molar-refractivity contribution is 5.99. The zero-order valence-corrected chi connectivity index (χ0v) is 12.4. The zero-order chi connectivity index (χ0) is 14.6. The van der Waals surface area contributed by atoms with E-state index in [-0.39, 0.29) is 17.9 Å². The minimum Gasteiger partial charge on any atom is -0.381 e. The number of amides is 2. The van der Waals surface area contributed by atoms with E-state index in [0.717, 1.165) is 19.4 Å². The van der Waals surface area contributed by atoms with Crippen LogP contribution in [0.3, 0.4) is 0 Å². The second kappa shape index (κ2) is 6.54. The van der Waals surface area contributed by atoms with Gasteiger partial charge in [-0.3, -0.25) is 9.59 Å². The van der Waals surface area contributed by atoms with E-state index in [9.17, 15) is 9.59 Å². The molecule has 0 bridgehead atoms. The molecule has 2 saturated heterocycles. The quantitative estimate of drug-likeness (QED) is 0.690. The summed E-state index contributed by atoms with van der Waals surface area (Å²) in [5, 5.41) is 5.83. The fourth-order valence-corrected chi connectivity index (χ4v) is 2.79. The maximum atomic E-state index is 12.3. The van der Waals surface area contributed by atoms with Crippen molar-refractivity contribution in [3.8, 4) is 0 Å². The number of carbonyl (C=O) groups is 2. The van der Waals surface area contributed by atoms with E-state index in [1.807, 2.05) is 14.1 Å². The third kappa shape index (κ3) is 3.49. The molecule has 2 amide bonds. The number of ether oxygens (including phenoxy) is 1. The Morgan fingerprint density at radius 3 is 2.60 bits per heavy atom. The lowest BCUT2D eigenvalue weighted by molar-refractivity contribution is -0.145. The predicted octanol–water partition coefficient (Wildman–Crippen LogP) is -0.118. The van der Waals surface area contributed by atoms with Crippen molar-refractivity contribution in [2.75, 3.05) is 33.9 Å². The maximum absolute atomic E-state index is 12.3. The van der Waals surface area contributed by atoms with Gasteiger partial charge in [0.1, 0.15) is 11.6 Å². The number of piperazine rings is 1. The molecule has 0 aromatic rings. The van der Waals surface area contributed by atoms with Crippen molar-refractivity contribution >= 4 is 11.8 Å². The summed E-state index contributed by atoms with van der Waals surface area (Å²) < 4.78 is 5.27. The molecule has 1 spiro atoms. The first-order valence-corrected chi connectivity index (χ1v) is 7.39. The van der Waals surface area contributed by atoms with Gasteiger partial charge in [0, 0.05) is 26.1 Å². The van der Waals surface area contributed by atoms with Crippen LogP contribution in [0.5, 0.6) is 0 Å². The van der Waals surface area contributed by atoms with Crippen LogP contribution in [0.1, 0.15) is 32.1 Å². The Hall–Kier alpha value is -1.14. The monoisotopic (exact) mass is 283 g/mol. The Morgan fingerprint density at radius 1 is 1.25 bits per heavy atom. The van der Waals surface area contributed by atoms with E-state index < -0.39 is 5.54 Å². The first-order chi connectivity index (χ1) is 9.53. The summed E-state index contributed by atoms with van der Waals surface area (Å²) >= 11 is 0. The molecule has 6 heteroatoms. The normalized spacial score (nSPS) is 25.6. The molecule has 0 radical (unpaired) electrons. The number of unbranched alkanes of at least 4 members (excludes halogenated alkanes) is 1. The van der Waals surface area contributed by atoms with Crippen LogP contribution in [0.15, 0.2) is 0 Å². The number of nitrogens with one attached hydrogen (secondary N) is 2. The third-order valence-corrected chi connectivity index (χ3v) is 4.11. The van der Waals surface area contributed by atoms with Crippen LogP contribution in [-0.2, 0) is 14.3 Å². The summed E-state index contributed by atoms with van der Waals surface area (Å²) in [5.74, 6) is -0.0886. The van der Waals surface area contributed by atoms with Crippen LogP contribution in [0.4, 0.5) is 0 Å². The van der Waals surface area contributed by atoms with Gasteiger partial charge in [-0.05, 0) is 39.9 Å². The van der Waals surface area contributed by atoms with E-state index >= 15 is 0 Å². The molecule has 0 aliphatic carbocycles. The van der Waals surface area contributed by atoms with Crippen LogP contribution in [0.25, 0.3) is 0 Å². The minimum absolute atomic E-state index is 0.0435. The van der Waals surface area contributed by atoms with Gasteiger partial charge in [0.15, 0.2) is 0 Å². The average Bonchev–Trinajstić information content (AvgIpc) is 2.41. The number of rotatable bonds is 5. The molecule has 2 aliphatic heterocycles. The van der Waals surface area contributed by atoms with Crippen molar-refractivity contribution in [2.24, 2.45) is 0 Å². The maximum Gasteiger partial charge on any atom is 0.246 e. The molecule has 0 aromatic carbocycles. The van der Waals surface area contributed by atoms with Crippen molar-refractivity contribution < 1.29 is 14.3 Å². The Balaban J connectivity index is 1.83. The second-order valence-electron chi connectivity index (χ2n) is 6.01. The summed E-state index contributed by atoms with van der Waals surface area (Å²) in [4.78, 5) is 26.6. The summed E-state index contributed by atoms with van der Waals surface area (Å²) in [7, 11) is 4.06. The lowest BCUT2D eigenvalue weighted by Crippen LogP contribution is -2.70. The van der Waals surface area contributed by atoms with Crippen molar-refractivity contribution in [3.63, 3.8) is 0 Å². The van der Waals surface area contributed by atoms with Gasteiger partial charge in [-0.25, -0.2) is 0 Å². The van der Waals surface area contributed by atoms with E-state index in [1.165, 1.54) is 0 Å². The summed E-state index contributed by atoms with van der Waals surface area (Å²) in [6.45, 7) is 2.06. The van der Waals surface area contributed by atoms with Gasteiger partial charge in [0.2, 0.25) is 11.8 Å². The SMILES string of the molecule is CN(C)CCCC[C@@H]1NC(=O)C2(CCOCC2)NC1=O. The molecule has 2 N–H and O–H groups in total. The van der Waals surface area contributed by atoms with Crippen LogP contribution in [0, 0.1) is 0 Å². The molecular formula is C14H25N3O3. The molecule has 0 unspecified atom stereocenters. The lowest BCUT2D eigenvalue weighted by atomic mass is 9.85. The highest BCUT2D eigenvalue weighted by Gasteiger charge is 2.46. The second-order valence-corrected chi connectivity index (χ2v) is 6.01. The number of hydrogen-bond acceptors (Lipinski definition) is 4. The van der Waals surface area contributed by atoms with Crippen LogP contribution in [-0.4, -0.2) is 62.1 Å². The van der Waals surface area contributed by atoms with Gasteiger partial charge in [0.25, 0.3) is 0 Å². The topological polar surface area (TPSA) is 70.7 Å². The highest BCUT2D eigenvalue weighted by atomic mass is 16.5. The van der Waals surface area contributed by atoms with E-state index in [4.69, 9.17) is 4.74 Å². The molecule has 2 fully saturated rings. The Labute approximate surface area is 120 Å². The van der Waals surface area contributed by atoms with Gasteiger partial charge in [-0.2, -0.15) is 0 Å². The first kappa shape index (κ1) is 15.3. The van der Waals surface area contributed by atoms with Crippen molar-refractivity contribution in [1.29, 1.82) is 0 Å². The summed E-state index contributed by atoms with van der Waals surface area (Å²) in [6, 6.07) is -0.377. The van der Waals surface area contributed by atoms with E-state index in [0.29, 0.717) is 32.5 Å². The Morgan fingerprint density at radius 2 is 1.95 bits per heavy atom. The molecule has 6 nitrogen and oxygen atoms in total. The molecule has 2 heterocycles. The fourth-order valence-electron chi connectivity index (χ4n) is 2.79. The Kier molecular flexibility index (Phi) is 4.99. The molecule has 2 rings (SSSR count). The molecule has 1 atom stereocenters. The van der Waals surface area contributed by atoms with Gasteiger partial charge < -0.3 is 20.3 Å². The van der Waals surface area contributed by atoms with Crippen LogP contribution in [0.2, 0.25) is 0 Å². The standard InChI is InChI=1S/C14H25N3O3/c1-17(2)8-4-3-5-11-12(18)16-14(13(19)15-11)6-9-20-10-7-14/h11H,3-10H2,1-2H3,(H,15,19)(H,16,18)/t11-/m0/s1. The first-order valence-electron chi connectivity index (χ1n) is 7.39. The van der Waals surface area contributed by atoms with E-state index in [2.05, 4.69) is 15.5 Å². The number of carbonyl (C=O) groups excluding carboxylic acids is 2. The van der Waals surface area contributed by atoms with Crippen molar-refractivity contribution in [2.45, 2.75) is 43.7 Å². The largest absolute Gasteiger partial charge is 0.381 e. The third-order valence-electron chi connectivity index (χ3n) is 4.11. The molecular weight excluding hydrogens is 258 g/mol. The molecule has 114 valence electrons. The molecule has 2 aliphatic rings. The summed E-state index contributed by atoms with van der Waals surface area (Å²) in [6.07, 6.45) is 3.81. The smallest absolute Gasteiger partial charge is 0.246 e. The number of nitrogens with zero attached hydrogens (tertiary/aromatic N) is 1. The highest BCUT2D eigenvalue weighted by Crippen LogP contribution is 2.24. The molecule has 20 heavy (non-hydrogen) atoms. The van der Waals surface area contributed by atoms with Crippen LogP contribution < -0.4 is 10.6 Å². The van der Waals surface area contributed by atoms with Gasteiger partial charge in [-0.1, -0.05) is 0 Å². The minimum atomic E-state index is -0.727. The molecule has 0 aromatic heterocycles. The van der Waals surface area contributed by atoms with Gasteiger partial charge >= 0.3 is 0 Å².